The number of rotatable bonds is 5. The van der Waals surface area contributed by atoms with Crippen molar-refractivity contribution in [2.24, 2.45) is 0 Å². The topological polar surface area (TPSA) is 97.7 Å². The molecule has 0 saturated heterocycles. The molecule has 0 saturated carbocycles. The van der Waals surface area contributed by atoms with Gasteiger partial charge in [0.1, 0.15) is 6.54 Å². The second-order valence-corrected chi connectivity index (χ2v) is 3.84. The standard InChI is InChI=1S/C10H11F3N6O2/c1-2-21-9-15-8(16-17-9)14-7(20)5-19-4-3-6(18-19)10(11,12)13/h3-4H,2,5H2,1H3,(H2,14,15,16,17,20). The first-order valence-corrected chi connectivity index (χ1v) is 5.84. The first kappa shape index (κ1) is 14.8. The van der Waals surface area contributed by atoms with Gasteiger partial charge in [-0.05, 0) is 13.0 Å². The number of nitrogens with zero attached hydrogens (tertiary/aromatic N) is 4. The Balaban J connectivity index is 1.93. The van der Waals surface area contributed by atoms with E-state index in [2.05, 4.69) is 25.6 Å². The van der Waals surface area contributed by atoms with Crippen molar-refractivity contribution in [1.29, 1.82) is 0 Å². The monoisotopic (exact) mass is 304 g/mol. The van der Waals surface area contributed by atoms with Crippen LogP contribution in [-0.2, 0) is 17.5 Å². The van der Waals surface area contributed by atoms with Gasteiger partial charge in [-0.25, -0.2) is 5.10 Å². The number of carbonyl (C=O) groups excluding carboxylic acids is 1. The third-order valence-corrected chi connectivity index (χ3v) is 2.23. The maximum Gasteiger partial charge on any atom is 0.435 e. The van der Waals surface area contributed by atoms with Gasteiger partial charge in [-0.2, -0.15) is 23.3 Å². The SMILES string of the molecule is CCOc1n[nH]c(NC(=O)Cn2ccc(C(F)(F)F)n2)n1. The number of halogens is 3. The maximum absolute atomic E-state index is 12.3. The van der Waals surface area contributed by atoms with Crippen LogP contribution in [0.2, 0.25) is 0 Å². The summed E-state index contributed by atoms with van der Waals surface area (Å²) in [6.07, 6.45) is -3.48. The molecule has 0 atom stereocenters. The van der Waals surface area contributed by atoms with Crippen LogP contribution in [0.3, 0.4) is 0 Å². The van der Waals surface area contributed by atoms with E-state index in [1.165, 1.54) is 0 Å². The molecule has 114 valence electrons. The van der Waals surface area contributed by atoms with Crippen LogP contribution in [0.5, 0.6) is 6.01 Å². The van der Waals surface area contributed by atoms with Crippen LogP contribution in [0.15, 0.2) is 12.3 Å². The third-order valence-electron chi connectivity index (χ3n) is 2.23. The Labute approximate surface area is 116 Å². The van der Waals surface area contributed by atoms with Gasteiger partial charge in [0.15, 0.2) is 5.69 Å². The van der Waals surface area contributed by atoms with E-state index in [4.69, 9.17) is 4.74 Å². The van der Waals surface area contributed by atoms with Gasteiger partial charge in [0.2, 0.25) is 11.9 Å². The Morgan fingerprint density at radius 1 is 1.52 bits per heavy atom. The molecule has 21 heavy (non-hydrogen) atoms. The Kier molecular flexibility index (Phi) is 4.10. The minimum absolute atomic E-state index is 0.0339. The number of anilines is 1. The number of hydrogen-bond donors (Lipinski definition) is 2. The van der Waals surface area contributed by atoms with E-state index < -0.39 is 17.8 Å². The summed E-state index contributed by atoms with van der Waals surface area (Å²) in [5, 5.41) is 11.7. The molecule has 2 N–H and O–H groups in total. The minimum Gasteiger partial charge on any atom is -0.463 e. The molecule has 1 amide bonds. The van der Waals surface area contributed by atoms with Crippen molar-refractivity contribution < 1.29 is 22.7 Å². The number of H-pyrrole nitrogens is 1. The summed E-state index contributed by atoms with van der Waals surface area (Å²) < 4.78 is 42.9. The van der Waals surface area contributed by atoms with Crippen LogP contribution in [0.1, 0.15) is 12.6 Å². The zero-order valence-corrected chi connectivity index (χ0v) is 10.8. The van der Waals surface area contributed by atoms with Crippen LogP contribution < -0.4 is 10.1 Å². The molecular formula is C10H11F3N6O2. The van der Waals surface area contributed by atoms with E-state index in [9.17, 15) is 18.0 Å². The van der Waals surface area contributed by atoms with Gasteiger partial charge in [0.25, 0.3) is 0 Å². The summed E-state index contributed by atoms with van der Waals surface area (Å²) in [7, 11) is 0. The van der Waals surface area contributed by atoms with Crippen molar-refractivity contribution >= 4 is 11.9 Å². The zero-order chi connectivity index (χ0) is 15.5. The molecular weight excluding hydrogens is 293 g/mol. The molecule has 2 heterocycles. The lowest BCUT2D eigenvalue weighted by molar-refractivity contribution is -0.141. The van der Waals surface area contributed by atoms with Gasteiger partial charge in [0.05, 0.1) is 6.61 Å². The quantitative estimate of drug-likeness (QED) is 0.860. The number of alkyl halides is 3. The van der Waals surface area contributed by atoms with Crippen molar-refractivity contribution in [3.05, 3.63) is 18.0 Å². The average molecular weight is 304 g/mol. The second kappa shape index (κ2) is 5.81. The smallest absolute Gasteiger partial charge is 0.435 e. The van der Waals surface area contributed by atoms with Crippen LogP contribution in [-0.4, -0.2) is 37.5 Å². The summed E-state index contributed by atoms with van der Waals surface area (Å²) in [5.41, 5.74) is -1.06. The number of aromatic nitrogens is 5. The Bertz CT molecular complexity index is 620. The number of nitrogens with one attached hydrogen (secondary N) is 2. The summed E-state index contributed by atoms with van der Waals surface area (Å²) in [5.74, 6) is -0.572. The summed E-state index contributed by atoms with van der Waals surface area (Å²) in [6, 6.07) is 0.848. The highest BCUT2D eigenvalue weighted by Crippen LogP contribution is 2.27. The Morgan fingerprint density at radius 3 is 2.90 bits per heavy atom. The fraction of sp³-hybridized carbons (Fsp3) is 0.400. The van der Waals surface area contributed by atoms with E-state index in [1.54, 1.807) is 6.92 Å². The summed E-state index contributed by atoms with van der Waals surface area (Å²) in [6.45, 7) is 1.71. The average Bonchev–Trinajstić information content (AvgIpc) is 2.98. The van der Waals surface area contributed by atoms with Crippen LogP contribution in [0, 0.1) is 0 Å². The lowest BCUT2D eigenvalue weighted by atomic mass is 10.4. The second-order valence-electron chi connectivity index (χ2n) is 3.84. The number of hydrogen-bond acceptors (Lipinski definition) is 5. The van der Waals surface area contributed by atoms with Crippen LogP contribution in [0.4, 0.5) is 19.1 Å². The number of aromatic amines is 1. The summed E-state index contributed by atoms with van der Waals surface area (Å²) >= 11 is 0. The lowest BCUT2D eigenvalue weighted by Gasteiger charge is -2.03. The highest BCUT2D eigenvalue weighted by atomic mass is 19.4. The van der Waals surface area contributed by atoms with E-state index >= 15 is 0 Å². The fourth-order valence-corrected chi connectivity index (χ4v) is 1.42. The largest absolute Gasteiger partial charge is 0.463 e. The predicted octanol–water partition coefficient (Wildman–Crippen LogP) is 1.06. The first-order valence-electron chi connectivity index (χ1n) is 5.84. The molecule has 0 aliphatic carbocycles. The molecule has 0 fully saturated rings. The molecule has 0 unspecified atom stereocenters. The molecule has 2 rings (SSSR count). The number of ether oxygens (including phenoxy) is 1. The highest BCUT2D eigenvalue weighted by molar-refractivity contribution is 5.88. The van der Waals surface area contributed by atoms with Gasteiger partial charge < -0.3 is 4.74 Å². The molecule has 0 aromatic carbocycles. The summed E-state index contributed by atoms with van der Waals surface area (Å²) in [4.78, 5) is 15.4. The van der Waals surface area contributed by atoms with Crippen molar-refractivity contribution in [1.82, 2.24) is 25.0 Å². The highest BCUT2D eigenvalue weighted by Gasteiger charge is 2.33. The Hall–Kier alpha value is -2.59. The molecule has 11 heteroatoms. The van der Waals surface area contributed by atoms with Gasteiger partial charge in [-0.15, -0.1) is 5.10 Å². The minimum atomic E-state index is -4.54. The molecule has 2 aromatic heterocycles. The van der Waals surface area contributed by atoms with Gasteiger partial charge in [0, 0.05) is 6.20 Å². The number of carbonyl (C=O) groups is 1. The third kappa shape index (κ3) is 3.94. The van der Waals surface area contributed by atoms with Crippen molar-refractivity contribution in [3.8, 4) is 6.01 Å². The molecule has 8 nitrogen and oxygen atoms in total. The maximum atomic E-state index is 12.3. The van der Waals surface area contributed by atoms with Crippen molar-refractivity contribution in [2.45, 2.75) is 19.6 Å². The molecule has 0 bridgehead atoms. The van der Waals surface area contributed by atoms with Gasteiger partial charge in [-0.3, -0.25) is 14.8 Å². The number of amides is 1. The van der Waals surface area contributed by atoms with Gasteiger partial charge >= 0.3 is 12.2 Å². The van der Waals surface area contributed by atoms with E-state index in [-0.39, 0.29) is 18.5 Å². The normalized spacial score (nSPS) is 11.4. The first-order chi connectivity index (χ1) is 9.88. The van der Waals surface area contributed by atoms with Crippen molar-refractivity contribution in [2.75, 3.05) is 11.9 Å². The Morgan fingerprint density at radius 2 is 2.29 bits per heavy atom. The van der Waals surface area contributed by atoms with Gasteiger partial charge in [-0.1, -0.05) is 0 Å². The molecule has 0 aliphatic heterocycles. The molecule has 0 aliphatic rings. The molecule has 2 aromatic rings. The fourth-order valence-electron chi connectivity index (χ4n) is 1.42. The van der Waals surface area contributed by atoms with E-state index in [0.717, 1.165) is 16.9 Å². The van der Waals surface area contributed by atoms with Crippen LogP contribution in [0.25, 0.3) is 0 Å². The lowest BCUT2D eigenvalue weighted by Crippen LogP contribution is -2.20. The van der Waals surface area contributed by atoms with Crippen LogP contribution >= 0.6 is 0 Å². The van der Waals surface area contributed by atoms with Crippen molar-refractivity contribution in [3.63, 3.8) is 0 Å². The zero-order valence-electron chi connectivity index (χ0n) is 10.8. The predicted molar refractivity (Wildman–Crippen MR) is 63.4 cm³/mol. The molecule has 0 spiro atoms. The van der Waals surface area contributed by atoms with E-state index in [1.807, 2.05) is 0 Å². The molecule has 0 radical (unpaired) electrons. The van der Waals surface area contributed by atoms with E-state index in [0.29, 0.717) is 6.61 Å².